The van der Waals surface area contributed by atoms with Gasteiger partial charge < -0.3 is 10.3 Å². The van der Waals surface area contributed by atoms with Crippen LogP contribution in [-0.2, 0) is 17.0 Å². The summed E-state index contributed by atoms with van der Waals surface area (Å²) in [5.74, 6) is -0.139. The van der Waals surface area contributed by atoms with Crippen LogP contribution >= 0.6 is 11.8 Å². The number of carbonyl (C=O) groups excluding carboxylic acids is 1. The van der Waals surface area contributed by atoms with Gasteiger partial charge in [-0.1, -0.05) is 24.3 Å². The van der Waals surface area contributed by atoms with Crippen molar-refractivity contribution in [2.24, 2.45) is 0 Å². The Hall–Kier alpha value is -3.45. The summed E-state index contributed by atoms with van der Waals surface area (Å²) in [5, 5.41) is 2.80. The molecule has 7 heteroatoms. The molecule has 0 radical (unpaired) electrons. The quantitative estimate of drug-likeness (QED) is 0.450. The van der Waals surface area contributed by atoms with Gasteiger partial charge in [0.15, 0.2) is 0 Å². The molecule has 0 aliphatic heterocycles. The molecule has 0 saturated heterocycles. The van der Waals surface area contributed by atoms with Gasteiger partial charge in [0.2, 0.25) is 5.91 Å². The van der Waals surface area contributed by atoms with Crippen LogP contribution in [0.1, 0.15) is 11.3 Å². The summed E-state index contributed by atoms with van der Waals surface area (Å²) in [6, 6.07) is 20.7. The van der Waals surface area contributed by atoms with Gasteiger partial charge >= 0.3 is 0 Å². The predicted molar refractivity (Wildman–Crippen MR) is 117 cm³/mol. The minimum absolute atomic E-state index is 0.102. The third kappa shape index (κ3) is 4.93. The van der Waals surface area contributed by atoms with Crippen LogP contribution in [0.2, 0.25) is 0 Å². The number of fused-ring (bicyclic) bond motifs is 1. The van der Waals surface area contributed by atoms with Crippen LogP contribution in [0.4, 0.5) is 10.1 Å². The van der Waals surface area contributed by atoms with Crippen LogP contribution in [0, 0.1) is 5.82 Å². The molecule has 0 aliphatic rings. The van der Waals surface area contributed by atoms with Gasteiger partial charge in [-0.15, -0.1) is 11.8 Å². The maximum Gasteiger partial charge on any atom is 0.271 e. The number of amides is 1. The third-order valence-electron chi connectivity index (χ3n) is 4.44. The van der Waals surface area contributed by atoms with Gasteiger partial charge in [0.05, 0.1) is 17.5 Å². The molecule has 1 heterocycles. The van der Waals surface area contributed by atoms with E-state index in [1.54, 1.807) is 24.3 Å². The number of hydrogen-bond donors (Lipinski definition) is 2. The minimum atomic E-state index is -0.360. The molecule has 30 heavy (non-hydrogen) atoms. The average Bonchev–Trinajstić information content (AvgIpc) is 2.73. The lowest BCUT2D eigenvalue weighted by Gasteiger charge is -2.07. The lowest BCUT2D eigenvalue weighted by Crippen LogP contribution is -2.14. The summed E-state index contributed by atoms with van der Waals surface area (Å²) in [7, 11) is 0. The summed E-state index contributed by atoms with van der Waals surface area (Å²) in [6.45, 7) is 0. The Balaban J connectivity index is 1.36. The Bertz CT molecular complexity index is 1260. The molecule has 0 fully saturated rings. The summed E-state index contributed by atoms with van der Waals surface area (Å²) in [6.07, 6.45) is 0.102. The summed E-state index contributed by atoms with van der Waals surface area (Å²) < 4.78 is 13.2. The first kappa shape index (κ1) is 19.8. The maximum absolute atomic E-state index is 13.2. The fourth-order valence-electron chi connectivity index (χ4n) is 2.99. The molecule has 4 rings (SSSR count). The fourth-order valence-corrected chi connectivity index (χ4v) is 3.82. The van der Waals surface area contributed by atoms with Crippen LogP contribution in [0.25, 0.3) is 11.0 Å². The van der Waals surface area contributed by atoms with Crippen molar-refractivity contribution < 1.29 is 9.18 Å². The number of halogens is 1. The topological polar surface area (TPSA) is 74.8 Å². The van der Waals surface area contributed by atoms with Gasteiger partial charge in [-0.25, -0.2) is 9.37 Å². The molecule has 0 bridgehead atoms. The SMILES string of the molecule is O=C(Cc1cccc(F)c1)Nc1ccc(SCc2nc3ccccc3[nH]c2=O)cc1. The molecule has 0 unspecified atom stereocenters. The number of para-hydroxylation sites is 2. The summed E-state index contributed by atoms with van der Waals surface area (Å²) in [5.41, 5.74) is 3.02. The second-order valence-corrected chi connectivity index (χ2v) is 7.75. The van der Waals surface area contributed by atoms with Crippen molar-refractivity contribution in [3.63, 3.8) is 0 Å². The van der Waals surface area contributed by atoms with Gasteiger partial charge in [-0.3, -0.25) is 9.59 Å². The second kappa shape index (κ2) is 8.92. The van der Waals surface area contributed by atoms with Crippen LogP contribution < -0.4 is 10.9 Å². The summed E-state index contributed by atoms with van der Waals surface area (Å²) >= 11 is 1.49. The lowest BCUT2D eigenvalue weighted by atomic mass is 10.1. The Morgan fingerprint density at radius 1 is 1.03 bits per heavy atom. The molecule has 0 atom stereocenters. The van der Waals surface area contributed by atoms with Crippen molar-refractivity contribution >= 4 is 34.4 Å². The van der Waals surface area contributed by atoms with Crippen molar-refractivity contribution in [2.45, 2.75) is 17.1 Å². The molecule has 1 amide bonds. The van der Waals surface area contributed by atoms with Crippen LogP contribution in [0.3, 0.4) is 0 Å². The van der Waals surface area contributed by atoms with Crippen molar-refractivity contribution in [1.82, 2.24) is 9.97 Å². The first-order chi connectivity index (χ1) is 14.6. The zero-order valence-corrected chi connectivity index (χ0v) is 16.7. The van der Waals surface area contributed by atoms with E-state index in [0.29, 0.717) is 22.7 Å². The molecule has 4 aromatic rings. The molecule has 0 saturated carbocycles. The van der Waals surface area contributed by atoms with Crippen molar-refractivity contribution in [2.75, 3.05) is 5.32 Å². The van der Waals surface area contributed by atoms with E-state index in [0.717, 1.165) is 15.9 Å². The highest BCUT2D eigenvalue weighted by Crippen LogP contribution is 2.23. The highest BCUT2D eigenvalue weighted by atomic mass is 32.2. The zero-order valence-electron chi connectivity index (χ0n) is 15.9. The van der Waals surface area contributed by atoms with E-state index in [9.17, 15) is 14.0 Å². The highest BCUT2D eigenvalue weighted by molar-refractivity contribution is 7.98. The summed E-state index contributed by atoms with van der Waals surface area (Å²) in [4.78, 5) is 32.6. The maximum atomic E-state index is 13.2. The van der Waals surface area contributed by atoms with Gasteiger partial charge in [0.25, 0.3) is 5.56 Å². The van der Waals surface area contributed by atoms with Crippen LogP contribution in [-0.4, -0.2) is 15.9 Å². The van der Waals surface area contributed by atoms with E-state index < -0.39 is 0 Å². The van der Waals surface area contributed by atoms with Crippen LogP contribution in [0.5, 0.6) is 0 Å². The van der Waals surface area contributed by atoms with Crippen molar-refractivity contribution in [3.05, 3.63) is 100 Å². The van der Waals surface area contributed by atoms with E-state index in [1.165, 1.54) is 23.9 Å². The molecular formula is C23H18FN3O2S. The largest absolute Gasteiger partial charge is 0.326 e. The molecule has 5 nitrogen and oxygen atoms in total. The van der Waals surface area contributed by atoms with Gasteiger partial charge in [-0.2, -0.15) is 0 Å². The number of anilines is 1. The number of nitrogens with zero attached hydrogens (tertiary/aromatic N) is 1. The number of benzene rings is 3. The molecule has 0 aliphatic carbocycles. The number of nitrogens with one attached hydrogen (secondary N) is 2. The molecular weight excluding hydrogens is 401 g/mol. The standard InChI is InChI=1S/C23H18FN3O2S/c24-16-5-3-4-15(12-16)13-22(28)25-17-8-10-18(11-9-17)30-14-21-23(29)27-20-7-2-1-6-19(20)26-21/h1-12H,13-14H2,(H,25,28)(H,27,29). The number of aromatic amines is 1. The van der Waals surface area contributed by atoms with Crippen LogP contribution in [0.15, 0.2) is 82.5 Å². The first-order valence-electron chi connectivity index (χ1n) is 9.32. The van der Waals surface area contributed by atoms with E-state index in [1.807, 2.05) is 36.4 Å². The lowest BCUT2D eigenvalue weighted by molar-refractivity contribution is -0.115. The number of aromatic nitrogens is 2. The average molecular weight is 419 g/mol. The Morgan fingerprint density at radius 2 is 1.83 bits per heavy atom. The van der Waals surface area contributed by atoms with Gasteiger partial charge in [0.1, 0.15) is 11.5 Å². The fraction of sp³-hybridized carbons (Fsp3) is 0.0870. The highest BCUT2D eigenvalue weighted by Gasteiger charge is 2.07. The second-order valence-electron chi connectivity index (χ2n) is 6.70. The first-order valence-corrected chi connectivity index (χ1v) is 10.3. The van der Waals surface area contributed by atoms with Crippen molar-refractivity contribution in [1.29, 1.82) is 0 Å². The minimum Gasteiger partial charge on any atom is -0.326 e. The van der Waals surface area contributed by atoms with E-state index in [4.69, 9.17) is 0 Å². The zero-order chi connectivity index (χ0) is 20.9. The monoisotopic (exact) mass is 419 g/mol. The molecule has 150 valence electrons. The number of H-pyrrole nitrogens is 1. The Morgan fingerprint density at radius 3 is 2.63 bits per heavy atom. The normalized spacial score (nSPS) is 10.8. The molecule has 3 aromatic carbocycles. The predicted octanol–water partition coefficient (Wildman–Crippen LogP) is 4.54. The van der Waals surface area contributed by atoms with E-state index in [-0.39, 0.29) is 23.7 Å². The van der Waals surface area contributed by atoms with E-state index in [2.05, 4.69) is 15.3 Å². The van der Waals surface area contributed by atoms with E-state index >= 15 is 0 Å². The van der Waals surface area contributed by atoms with Gasteiger partial charge in [0, 0.05) is 16.3 Å². The van der Waals surface area contributed by atoms with Gasteiger partial charge in [-0.05, 0) is 54.1 Å². The number of hydrogen-bond acceptors (Lipinski definition) is 4. The smallest absolute Gasteiger partial charge is 0.271 e. The molecule has 1 aromatic heterocycles. The third-order valence-corrected chi connectivity index (χ3v) is 5.46. The Kier molecular flexibility index (Phi) is 5.90. The Labute approximate surface area is 176 Å². The number of thioether (sulfide) groups is 1. The number of rotatable bonds is 6. The van der Waals surface area contributed by atoms with Crippen molar-refractivity contribution in [3.8, 4) is 0 Å². The molecule has 2 N–H and O–H groups in total. The number of carbonyl (C=O) groups is 1. The molecule has 0 spiro atoms.